The summed E-state index contributed by atoms with van der Waals surface area (Å²) < 4.78 is 1.81. The van der Waals surface area contributed by atoms with Crippen LogP contribution in [0.15, 0.2) is 6.20 Å². The molecule has 2 aromatic rings. The molecule has 1 N–H and O–H groups in total. The number of fused-ring (bicyclic) bond motifs is 3. The van der Waals surface area contributed by atoms with Gasteiger partial charge in [0.15, 0.2) is 5.65 Å². The van der Waals surface area contributed by atoms with Crippen LogP contribution < -0.4 is 5.32 Å². The minimum absolute atomic E-state index is 0.800. The number of nitrogens with one attached hydrogen (secondary N) is 1. The molecule has 0 radical (unpaired) electrons. The summed E-state index contributed by atoms with van der Waals surface area (Å²) in [5.74, 6) is 4.71. The third-order valence-corrected chi connectivity index (χ3v) is 5.40. The van der Waals surface area contributed by atoms with Crippen molar-refractivity contribution < 1.29 is 0 Å². The molecule has 2 aliphatic carbocycles. The number of rotatable bonds is 4. The van der Waals surface area contributed by atoms with Gasteiger partial charge in [-0.15, -0.1) is 0 Å². The standard InChI is InChI=1S/C16H23N5/c1-10-19-15(14-9-18-21(2)16(14)20-10)17-6-5-13-8-11-3-4-12(13)7-11/h9,11-13H,3-8H2,1-2H3,(H,17,19,20)/t11-,12-,13+/m0/s1. The van der Waals surface area contributed by atoms with Crippen molar-refractivity contribution in [2.75, 3.05) is 11.9 Å². The Hall–Kier alpha value is -1.65. The summed E-state index contributed by atoms with van der Waals surface area (Å²) in [6.45, 7) is 2.95. The Morgan fingerprint density at radius 1 is 1.29 bits per heavy atom. The minimum atomic E-state index is 0.800. The Bertz CT molecular complexity index is 662. The molecule has 0 aromatic carbocycles. The second-order valence-electron chi connectivity index (χ2n) is 6.78. The summed E-state index contributed by atoms with van der Waals surface area (Å²) in [7, 11) is 1.92. The first-order chi connectivity index (χ1) is 10.2. The molecular formula is C16H23N5. The van der Waals surface area contributed by atoms with Crippen molar-refractivity contribution in [1.82, 2.24) is 19.7 Å². The van der Waals surface area contributed by atoms with Crippen LogP contribution in [0.3, 0.4) is 0 Å². The van der Waals surface area contributed by atoms with Gasteiger partial charge in [-0.3, -0.25) is 4.68 Å². The fourth-order valence-electron chi connectivity index (χ4n) is 4.37. The number of anilines is 1. The van der Waals surface area contributed by atoms with E-state index >= 15 is 0 Å². The molecule has 5 heteroatoms. The predicted octanol–water partition coefficient (Wildman–Crippen LogP) is 2.91. The van der Waals surface area contributed by atoms with Gasteiger partial charge in [-0.2, -0.15) is 5.10 Å². The largest absolute Gasteiger partial charge is 0.369 e. The van der Waals surface area contributed by atoms with Gasteiger partial charge in [-0.05, 0) is 50.4 Å². The Kier molecular flexibility index (Phi) is 3.08. The summed E-state index contributed by atoms with van der Waals surface area (Å²) in [5.41, 5.74) is 0.907. The molecule has 0 amide bonds. The number of hydrogen-bond acceptors (Lipinski definition) is 4. The Labute approximate surface area is 125 Å². The van der Waals surface area contributed by atoms with Crippen LogP contribution in [0.25, 0.3) is 11.0 Å². The molecule has 3 atom stereocenters. The van der Waals surface area contributed by atoms with Crippen LogP contribution in [0.1, 0.15) is 37.9 Å². The highest BCUT2D eigenvalue weighted by molar-refractivity contribution is 5.86. The molecular weight excluding hydrogens is 262 g/mol. The van der Waals surface area contributed by atoms with Gasteiger partial charge in [0, 0.05) is 13.6 Å². The highest BCUT2D eigenvalue weighted by Gasteiger charge is 2.38. The van der Waals surface area contributed by atoms with Gasteiger partial charge in [0.05, 0.1) is 11.6 Å². The van der Waals surface area contributed by atoms with Crippen LogP contribution in [0.4, 0.5) is 5.82 Å². The van der Waals surface area contributed by atoms with Crippen molar-refractivity contribution in [3.05, 3.63) is 12.0 Å². The summed E-state index contributed by atoms with van der Waals surface area (Å²) >= 11 is 0. The van der Waals surface area contributed by atoms with E-state index in [0.29, 0.717) is 0 Å². The second-order valence-corrected chi connectivity index (χ2v) is 6.78. The lowest BCUT2D eigenvalue weighted by Crippen LogP contribution is -2.15. The van der Waals surface area contributed by atoms with Crippen molar-refractivity contribution in [2.24, 2.45) is 24.8 Å². The average molecular weight is 285 g/mol. The molecule has 2 heterocycles. The second kappa shape index (κ2) is 4.97. The van der Waals surface area contributed by atoms with Gasteiger partial charge in [0.25, 0.3) is 0 Å². The van der Waals surface area contributed by atoms with Crippen molar-refractivity contribution in [2.45, 2.75) is 39.0 Å². The first kappa shape index (κ1) is 13.0. The SMILES string of the molecule is Cc1nc(NCC[C@@H]2C[C@H]3CC[C@H]2C3)c2cnn(C)c2n1. The van der Waals surface area contributed by atoms with Crippen LogP contribution in [0.2, 0.25) is 0 Å². The Morgan fingerprint density at radius 2 is 2.19 bits per heavy atom. The van der Waals surface area contributed by atoms with Crippen LogP contribution in [-0.4, -0.2) is 26.3 Å². The molecule has 0 saturated heterocycles. The zero-order chi connectivity index (χ0) is 14.4. The maximum Gasteiger partial charge on any atom is 0.163 e. The molecule has 4 rings (SSSR count). The molecule has 2 aliphatic rings. The quantitative estimate of drug-likeness (QED) is 0.938. The van der Waals surface area contributed by atoms with Crippen LogP contribution in [-0.2, 0) is 7.05 Å². The fourth-order valence-corrected chi connectivity index (χ4v) is 4.37. The van der Waals surface area contributed by atoms with Crippen molar-refractivity contribution in [3.8, 4) is 0 Å². The summed E-state index contributed by atoms with van der Waals surface area (Å²) in [6.07, 6.45) is 9.02. The third kappa shape index (κ3) is 2.28. The Morgan fingerprint density at radius 3 is 2.95 bits per heavy atom. The van der Waals surface area contributed by atoms with Crippen LogP contribution in [0, 0.1) is 24.7 Å². The molecule has 0 aliphatic heterocycles. The first-order valence-corrected chi connectivity index (χ1v) is 8.11. The van der Waals surface area contributed by atoms with E-state index in [1.165, 1.54) is 32.1 Å². The summed E-state index contributed by atoms with van der Waals surface area (Å²) in [5, 5.41) is 8.84. The van der Waals surface area contributed by atoms with Crippen molar-refractivity contribution >= 4 is 16.9 Å². The van der Waals surface area contributed by atoms with Crippen molar-refractivity contribution in [3.63, 3.8) is 0 Å². The van der Waals surface area contributed by atoms with E-state index in [0.717, 1.165) is 47.0 Å². The number of nitrogens with zero attached hydrogens (tertiary/aromatic N) is 4. The molecule has 2 bridgehead atoms. The highest BCUT2D eigenvalue weighted by Crippen LogP contribution is 2.49. The average Bonchev–Trinajstić information content (AvgIpc) is 3.15. The molecule has 2 saturated carbocycles. The molecule has 0 unspecified atom stereocenters. The van der Waals surface area contributed by atoms with Gasteiger partial charge < -0.3 is 5.32 Å². The molecule has 5 nitrogen and oxygen atoms in total. The topological polar surface area (TPSA) is 55.6 Å². The molecule has 112 valence electrons. The number of aromatic nitrogens is 4. The van der Waals surface area contributed by atoms with E-state index in [9.17, 15) is 0 Å². The molecule has 21 heavy (non-hydrogen) atoms. The van der Waals surface area contributed by atoms with Gasteiger partial charge in [0.1, 0.15) is 11.6 Å². The van der Waals surface area contributed by atoms with E-state index in [-0.39, 0.29) is 0 Å². The first-order valence-electron chi connectivity index (χ1n) is 8.11. The molecule has 0 spiro atoms. The van der Waals surface area contributed by atoms with E-state index in [4.69, 9.17) is 0 Å². The maximum absolute atomic E-state index is 4.55. The summed E-state index contributed by atoms with van der Waals surface area (Å²) in [6, 6.07) is 0. The Balaban J connectivity index is 1.45. The highest BCUT2D eigenvalue weighted by atomic mass is 15.3. The van der Waals surface area contributed by atoms with Gasteiger partial charge in [0.2, 0.25) is 0 Å². The van der Waals surface area contributed by atoms with E-state index in [1.54, 1.807) is 0 Å². The third-order valence-electron chi connectivity index (χ3n) is 5.40. The van der Waals surface area contributed by atoms with Gasteiger partial charge >= 0.3 is 0 Å². The number of hydrogen-bond donors (Lipinski definition) is 1. The number of aryl methyl sites for hydroxylation is 2. The molecule has 2 fully saturated rings. The lowest BCUT2D eigenvalue weighted by atomic mass is 9.86. The zero-order valence-corrected chi connectivity index (χ0v) is 12.8. The maximum atomic E-state index is 4.55. The lowest BCUT2D eigenvalue weighted by Gasteiger charge is -2.21. The fraction of sp³-hybridized carbons (Fsp3) is 0.688. The lowest BCUT2D eigenvalue weighted by molar-refractivity contribution is 0.321. The van der Waals surface area contributed by atoms with E-state index in [1.807, 2.05) is 24.9 Å². The van der Waals surface area contributed by atoms with E-state index in [2.05, 4.69) is 20.4 Å². The molecule has 2 aromatic heterocycles. The minimum Gasteiger partial charge on any atom is -0.369 e. The smallest absolute Gasteiger partial charge is 0.163 e. The van der Waals surface area contributed by atoms with Gasteiger partial charge in [-0.25, -0.2) is 9.97 Å². The predicted molar refractivity (Wildman–Crippen MR) is 83.1 cm³/mol. The van der Waals surface area contributed by atoms with Gasteiger partial charge in [-0.1, -0.05) is 6.42 Å². The normalized spacial score (nSPS) is 27.6. The van der Waals surface area contributed by atoms with E-state index < -0.39 is 0 Å². The van der Waals surface area contributed by atoms with Crippen LogP contribution >= 0.6 is 0 Å². The summed E-state index contributed by atoms with van der Waals surface area (Å²) in [4.78, 5) is 9.01. The zero-order valence-electron chi connectivity index (χ0n) is 12.8. The van der Waals surface area contributed by atoms with Crippen LogP contribution in [0.5, 0.6) is 0 Å². The monoisotopic (exact) mass is 285 g/mol. The van der Waals surface area contributed by atoms with Crippen molar-refractivity contribution in [1.29, 1.82) is 0 Å².